The molecule has 5 atom stereocenters. The minimum atomic E-state index is -1.06. The number of pyridine rings is 1. The lowest BCUT2D eigenvalue weighted by molar-refractivity contribution is -0.155. The zero-order valence-corrected chi connectivity index (χ0v) is 40.2. The summed E-state index contributed by atoms with van der Waals surface area (Å²) in [5, 5.41) is 5.52. The molecule has 354 valence electrons. The molecule has 4 aromatic rings. The highest BCUT2D eigenvalue weighted by atomic mass is 16.5. The summed E-state index contributed by atoms with van der Waals surface area (Å²) < 4.78 is 14.2. The molecule has 0 aliphatic carbocycles. The van der Waals surface area contributed by atoms with E-state index in [0.717, 1.165) is 50.1 Å². The Morgan fingerprint density at radius 1 is 1.07 bits per heavy atom. The second-order valence-corrected chi connectivity index (χ2v) is 19.2. The van der Waals surface area contributed by atoms with Crippen molar-refractivity contribution in [1.29, 1.82) is 0 Å². The molecule has 3 aliphatic heterocycles. The molecule has 0 radical (unpaired) electrons. The topological polar surface area (TPSA) is 155 Å². The van der Waals surface area contributed by atoms with Crippen molar-refractivity contribution >= 4 is 40.5 Å². The number of hydrogen-bond donors (Lipinski definition) is 2. The quantitative estimate of drug-likeness (QED) is 0.107. The third kappa shape index (κ3) is 10.5. The van der Waals surface area contributed by atoms with Crippen molar-refractivity contribution in [3.05, 3.63) is 90.3 Å². The van der Waals surface area contributed by atoms with Crippen molar-refractivity contribution in [1.82, 2.24) is 35.1 Å². The standard InChI is InChI=1S/C53H65N7O7/c1-10-12-24-59-44-21-20-37-29-40(44)41(48(59)39-18-14-23-54-46(39)34(5)66-9)30-53(6,7)32-67-52(65)42-19-15-25-60(56-42)51(64)43(28-35-16-13-17-36(37)27-35)55-49(62)47(33(3)4)57(8)50(63)38-22-26-58(31-38)45(61)11-2/h11,13-14,16-18,20-21,23,27,29,33-34,38,42-43,47,56H,2,15,19,22,24-26,28,30-32H2,1,3-9H3,(H,55,62)/t34-,38-,42-,43-,47-/m0/s1. The summed E-state index contributed by atoms with van der Waals surface area (Å²) in [7, 11) is 3.28. The fourth-order valence-corrected chi connectivity index (χ4v) is 9.88. The van der Waals surface area contributed by atoms with E-state index >= 15 is 0 Å². The van der Waals surface area contributed by atoms with Crippen molar-refractivity contribution in [2.45, 2.75) is 104 Å². The van der Waals surface area contributed by atoms with Crippen LogP contribution in [0.1, 0.15) is 83.7 Å². The number of ether oxygens (including phenoxy) is 2. The maximum absolute atomic E-state index is 14.7. The first kappa shape index (κ1) is 48.6. The van der Waals surface area contributed by atoms with Crippen LogP contribution in [0, 0.1) is 29.1 Å². The first-order valence-electron chi connectivity index (χ1n) is 23.4. The predicted octanol–water partition coefficient (Wildman–Crippen LogP) is 6.27. The zero-order valence-electron chi connectivity index (χ0n) is 40.2. The monoisotopic (exact) mass is 911 g/mol. The van der Waals surface area contributed by atoms with Gasteiger partial charge in [0.25, 0.3) is 5.91 Å². The number of fused-ring (bicyclic) bond motifs is 6. The van der Waals surface area contributed by atoms with Gasteiger partial charge in [-0.15, -0.1) is 5.92 Å². The molecule has 5 heterocycles. The summed E-state index contributed by atoms with van der Waals surface area (Å²) in [4.78, 5) is 77.3. The van der Waals surface area contributed by atoms with Crippen LogP contribution in [0.3, 0.4) is 0 Å². The molecule has 2 saturated heterocycles. The molecule has 0 spiro atoms. The number of benzene rings is 2. The lowest BCUT2D eigenvalue weighted by atomic mass is 9.84. The number of aromatic nitrogens is 2. The molecule has 3 aliphatic rings. The van der Waals surface area contributed by atoms with E-state index in [9.17, 15) is 24.0 Å². The molecule has 0 unspecified atom stereocenters. The van der Waals surface area contributed by atoms with Gasteiger partial charge in [-0.1, -0.05) is 70.5 Å². The summed E-state index contributed by atoms with van der Waals surface area (Å²) >= 11 is 0. The maximum Gasteiger partial charge on any atom is 0.324 e. The van der Waals surface area contributed by atoms with Gasteiger partial charge >= 0.3 is 5.97 Å². The lowest BCUT2D eigenvalue weighted by Gasteiger charge is -2.37. The van der Waals surface area contributed by atoms with Crippen LogP contribution in [0.2, 0.25) is 0 Å². The zero-order chi connectivity index (χ0) is 48.2. The second kappa shape index (κ2) is 20.7. The van der Waals surface area contributed by atoms with E-state index in [4.69, 9.17) is 14.5 Å². The smallest absolute Gasteiger partial charge is 0.324 e. The Morgan fingerprint density at radius 3 is 2.58 bits per heavy atom. The average Bonchev–Trinajstić information content (AvgIpc) is 3.94. The van der Waals surface area contributed by atoms with Crippen molar-refractivity contribution < 1.29 is 33.4 Å². The number of cyclic esters (lactones) is 1. The number of esters is 1. The van der Waals surface area contributed by atoms with Gasteiger partial charge in [0.1, 0.15) is 18.1 Å². The van der Waals surface area contributed by atoms with E-state index < -0.39 is 47.2 Å². The molecule has 2 N–H and O–H groups in total. The Kier molecular flexibility index (Phi) is 15.0. The molecule has 7 rings (SSSR count). The molecule has 0 saturated carbocycles. The van der Waals surface area contributed by atoms with E-state index in [0.29, 0.717) is 45.3 Å². The van der Waals surface area contributed by atoms with Crippen LogP contribution in [-0.4, -0.2) is 112 Å². The van der Waals surface area contributed by atoms with Gasteiger partial charge in [-0.05, 0) is 98.0 Å². The van der Waals surface area contributed by atoms with Crippen molar-refractivity contribution in [2.75, 3.05) is 40.4 Å². The van der Waals surface area contributed by atoms with Gasteiger partial charge in [0.15, 0.2) is 0 Å². The molecule has 2 aromatic carbocycles. The largest absolute Gasteiger partial charge is 0.464 e. The Balaban J connectivity index is 1.31. The summed E-state index contributed by atoms with van der Waals surface area (Å²) in [5.74, 6) is 3.78. The number of amides is 4. The van der Waals surface area contributed by atoms with Crippen LogP contribution in [-0.2, 0) is 52.8 Å². The summed E-state index contributed by atoms with van der Waals surface area (Å²) in [5.41, 5.74) is 10.1. The molecule has 2 aromatic heterocycles. The van der Waals surface area contributed by atoms with Crippen LogP contribution in [0.25, 0.3) is 33.3 Å². The average molecular weight is 912 g/mol. The summed E-state index contributed by atoms with van der Waals surface area (Å²) in [6.45, 7) is 16.8. The van der Waals surface area contributed by atoms with Gasteiger partial charge in [-0.25, -0.2) is 5.43 Å². The van der Waals surface area contributed by atoms with Gasteiger partial charge < -0.3 is 29.2 Å². The number of carbonyl (C=O) groups excluding carboxylic acids is 5. The first-order chi connectivity index (χ1) is 32.0. The van der Waals surface area contributed by atoms with E-state index in [-0.39, 0.29) is 43.4 Å². The lowest BCUT2D eigenvalue weighted by Crippen LogP contribution is -2.62. The highest BCUT2D eigenvalue weighted by Crippen LogP contribution is 2.42. The fraction of sp³-hybridized carbons (Fsp3) is 0.472. The molecular formula is C53H65N7O7. The minimum absolute atomic E-state index is 0.111. The molecule has 4 amide bonds. The minimum Gasteiger partial charge on any atom is -0.464 e. The first-order valence-corrected chi connectivity index (χ1v) is 23.4. The molecule has 67 heavy (non-hydrogen) atoms. The molecule has 14 nitrogen and oxygen atoms in total. The van der Waals surface area contributed by atoms with Crippen LogP contribution >= 0.6 is 0 Å². The Hall–Kier alpha value is -6.30. The number of likely N-dealkylation sites (tertiary alicyclic amines) is 1. The maximum atomic E-state index is 14.7. The van der Waals surface area contributed by atoms with Crippen LogP contribution in [0.5, 0.6) is 0 Å². The second-order valence-electron chi connectivity index (χ2n) is 19.2. The summed E-state index contributed by atoms with van der Waals surface area (Å²) in [6, 6.07) is 15.7. The number of nitrogens with one attached hydrogen (secondary N) is 2. The van der Waals surface area contributed by atoms with Crippen LogP contribution < -0.4 is 10.7 Å². The third-order valence-corrected chi connectivity index (χ3v) is 13.4. The van der Waals surface area contributed by atoms with Crippen LogP contribution in [0.4, 0.5) is 0 Å². The number of likely N-dealkylation sites (N-methyl/N-ethyl adjacent to an activating group) is 1. The molecule has 2 fully saturated rings. The van der Waals surface area contributed by atoms with Gasteiger partial charge in [0.05, 0.1) is 36.6 Å². The van der Waals surface area contributed by atoms with Crippen molar-refractivity contribution in [3.8, 4) is 34.2 Å². The highest BCUT2D eigenvalue weighted by Gasteiger charge is 2.40. The van der Waals surface area contributed by atoms with E-state index in [1.807, 2.05) is 52.0 Å². The van der Waals surface area contributed by atoms with Gasteiger partial charge in [0.2, 0.25) is 17.7 Å². The normalized spacial score (nSPS) is 20.6. The highest BCUT2D eigenvalue weighted by molar-refractivity contribution is 5.96. The number of hydrogen-bond acceptors (Lipinski definition) is 9. The van der Waals surface area contributed by atoms with Crippen LogP contribution in [0.15, 0.2) is 73.4 Å². The Labute approximate surface area is 394 Å². The number of carbonyl (C=O) groups is 5. The fourth-order valence-electron chi connectivity index (χ4n) is 9.88. The SMILES string of the molecule is C=CC(=O)N1CC[C@H](C(=O)N(C)[C@H](C(=O)N[C@H]2Cc3cccc(c3)-c3ccc4c(c3)c(c(-c3cccnc3[C@H](C)OC)n4CC#CC)CC(C)(C)COC(=O)[C@@H]3CCCN(N3)C2=O)C(C)C)C1. The predicted molar refractivity (Wildman–Crippen MR) is 258 cm³/mol. The molecular weight excluding hydrogens is 847 g/mol. The number of methoxy groups -OCH3 is 1. The Bertz CT molecular complexity index is 2610. The van der Waals surface area contributed by atoms with E-state index in [1.54, 1.807) is 25.3 Å². The third-order valence-electron chi connectivity index (χ3n) is 13.4. The number of hydrazine groups is 1. The van der Waals surface area contributed by atoms with Gasteiger partial charge in [-0.3, -0.25) is 34.0 Å². The molecule has 14 heteroatoms. The van der Waals surface area contributed by atoms with E-state index in [1.165, 1.54) is 16.0 Å². The number of nitrogens with zero attached hydrogens (tertiary/aromatic N) is 5. The Morgan fingerprint density at radius 2 is 1.85 bits per heavy atom. The van der Waals surface area contributed by atoms with Gasteiger partial charge in [0, 0.05) is 68.3 Å². The van der Waals surface area contributed by atoms with E-state index in [2.05, 4.69) is 77.9 Å². The van der Waals surface area contributed by atoms with Crippen molar-refractivity contribution in [3.63, 3.8) is 0 Å². The van der Waals surface area contributed by atoms with Crippen molar-refractivity contribution in [2.24, 2.45) is 17.3 Å². The number of rotatable bonds is 10. The summed E-state index contributed by atoms with van der Waals surface area (Å²) in [6.07, 6.45) is 4.88. The molecule has 6 bridgehead atoms. The van der Waals surface area contributed by atoms with Gasteiger partial charge in [-0.2, -0.15) is 0 Å².